The molecule has 0 amide bonds. The summed E-state index contributed by atoms with van der Waals surface area (Å²) in [5, 5.41) is 0. The van der Waals surface area contributed by atoms with Gasteiger partial charge in [0.15, 0.2) is 5.78 Å². The lowest BCUT2D eigenvalue weighted by Crippen LogP contribution is -2.11. The summed E-state index contributed by atoms with van der Waals surface area (Å²) in [5.41, 5.74) is 2.20. The van der Waals surface area contributed by atoms with Gasteiger partial charge in [0.05, 0.1) is 0 Å². The Bertz CT molecular complexity index is 364. The van der Waals surface area contributed by atoms with Crippen molar-refractivity contribution in [2.45, 2.75) is 59.3 Å². The summed E-state index contributed by atoms with van der Waals surface area (Å²) in [7, 11) is 0. The minimum Gasteiger partial charge on any atom is -0.294 e. The summed E-state index contributed by atoms with van der Waals surface area (Å²) in [4.78, 5) is 12.2. The first-order chi connectivity index (χ1) is 8.60. The van der Waals surface area contributed by atoms with Crippen LogP contribution in [0, 0.1) is 5.92 Å². The van der Waals surface area contributed by atoms with Crippen molar-refractivity contribution >= 4 is 5.78 Å². The van der Waals surface area contributed by atoms with Gasteiger partial charge in [0.1, 0.15) is 0 Å². The third-order valence-corrected chi connectivity index (χ3v) is 3.81. The number of rotatable bonds is 7. The zero-order chi connectivity index (χ0) is 13.5. The van der Waals surface area contributed by atoms with E-state index in [9.17, 15) is 4.79 Å². The predicted molar refractivity (Wildman–Crippen MR) is 78.2 cm³/mol. The number of Topliss-reactive ketones (excluding diaryl/α,β-unsaturated/α-hetero) is 1. The highest BCUT2D eigenvalue weighted by Gasteiger charge is 2.14. The predicted octanol–water partition coefficient (Wildman–Crippen LogP) is 5.21. The van der Waals surface area contributed by atoms with Crippen LogP contribution < -0.4 is 0 Å². The summed E-state index contributed by atoms with van der Waals surface area (Å²) in [6.45, 7) is 8.62. The zero-order valence-electron chi connectivity index (χ0n) is 12.2. The lowest BCUT2D eigenvalue weighted by atomic mass is 9.92. The van der Waals surface area contributed by atoms with Gasteiger partial charge in [-0.2, -0.15) is 0 Å². The Kier molecular flexibility index (Phi) is 6.11. The maximum absolute atomic E-state index is 12.2. The van der Waals surface area contributed by atoms with Crippen LogP contribution in [0.2, 0.25) is 0 Å². The van der Waals surface area contributed by atoms with Crippen LogP contribution in [0.5, 0.6) is 0 Å². The van der Waals surface area contributed by atoms with E-state index in [1.807, 2.05) is 19.1 Å². The molecule has 0 aliphatic carbocycles. The summed E-state index contributed by atoms with van der Waals surface area (Å²) >= 11 is 0. The van der Waals surface area contributed by atoms with Gasteiger partial charge in [-0.05, 0) is 24.3 Å². The van der Waals surface area contributed by atoms with Crippen molar-refractivity contribution in [3.63, 3.8) is 0 Å². The molecule has 0 saturated heterocycles. The molecule has 1 nitrogen and oxygen atoms in total. The molecule has 18 heavy (non-hydrogen) atoms. The average molecular weight is 246 g/mol. The molecule has 0 fully saturated rings. The van der Waals surface area contributed by atoms with E-state index in [0.29, 0.717) is 11.7 Å². The van der Waals surface area contributed by atoms with Gasteiger partial charge in [0.2, 0.25) is 0 Å². The van der Waals surface area contributed by atoms with Crippen molar-refractivity contribution < 1.29 is 4.79 Å². The Labute approximate surface area is 112 Å². The number of benzene rings is 1. The van der Waals surface area contributed by atoms with Crippen molar-refractivity contribution in [3.8, 4) is 0 Å². The van der Waals surface area contributed by atoms with Gasteiger partial charge < -0.3 is 0 Å². The molecule has 1 heteroatoms. The third kappa shape index (κ3) is 3.97. The van der Waals surface area contributed by atoms with Gasteiger partial charge in [-0.25, -0.2) is 0 Å². The van der Waals surface area contributed by atoms with Crippen molar-refractivity contribution in [1.82, 2.24) is 0 Å². The Morgan fingerprint density at radius 1 is 1.11 bits per heavy atom. The number of carbonyl (C=O) groups is 1. The molecule has 0 bridgehead atoms. The molecule has 2 unspecified atom stereocenters. The van der Waals surface area contributed by atoms with E-state index in [-0.39, 0.29) is 5.92 Å². The highest BCUT2D eigenvalue weighted by atomic mass is 16.1. The van der Waals surface area contributed by atoms with E-state index in [1.54, 1.807) is 0 Å². The van der Waals surface area contributed by atoms with Gasteiger partial charge in [-0.1, -0.05) is 64.8 Å². The maximum Gasteiger partial charge on any atom is 0.165 e. The summed E-state index contributed by atoms with van der Waals surface area (Å²) in [6, 6.07) is 8.19. The number of hydrogen-bond donors (Lipinski definition) is 0. The normalized spacial score (nSPS) is 14.2. The van der Waals surface area contributed by atoms with Crippen LogP contribution in [0.15, 0.2) is 24.3 Å². The molecule has 0 aliphatic heterocycles. The van der Waals surface area contributed by atoms with Crippen molar-refractivity contribution in [3.05, 3.63) is 35.4 Å². The smallest absolute Gasteiger partial charge is 0.165 e. The Morgan fingerprint density at radius 3 is 2.22 bits per heavy atom. The van der Waals surface area contributed by atoms with Gasteiger partial charge in [-0.15, -0.1) is 0 Å². The molecule has 0 heterocycles. The van der Waals surface area contributed by atoms with Gasteiger partial charge >= 0.3 is 0 Å². The lowest BCUT2D eigenvalue weighted by molar-refractivity contribution is 0.0922. The summed E-state index contributed by atoms with van der Waals surface area (Å²) in [6.07, 6.45) is 4.44. The Hall–Kier alpha value is -1.11. The second-order valence-corrected chi connectivity index (χ2v) is 5.34. The molecular weight excluding hydrogens is 220 g/mol. The molecule has 1 rings (SSSR count). The maximum atomic E-state index is 12.2. The number of ketones is 1. The quantitative estimate of drug-likeness (QED) is 0.604. The van der Waals surface area contributed by atoms with Crippen LogP contribution in [0.25, 0.3) is 0 Å². The number of carbonyl (C=O) groups excluding carboxylic acids is 1. The first-order valence-corrected chi connectivity index (χ1v) is 7.24. The SMILES string of the molecule is CCCCC(C)C(=O)c1ccc(C(C)CC)cc1. The first-order valence-electron chi connectivity index (χ1n) is 7.24. The van der Waals surface area contributed by atoms with E-state index in [1.165, 1.54) is 5.56 Å². The van der Waals surface area contributed by atoms with Crippen LogP contribution in [0.1, 0.15) is 75.2 Å². The minimum absolute atomic E-state index is 0.152. The molecule has 0 radical (unpaired) electrons. The summed E-state index contributed by atoms with van der Waals surface area (Å²) in [5.74, 6) is 1.02. The molecule has 100 valence electrons. The highest BCUT2D eigenvalue weighted by Crippen LogP contribution is 2.21. The summed E-state index contributed by atoms with van der Waals surface area (Å²) < 4.78 is 0. The lowest BCUT2D eigenvalue weighted by Gasteiger charge is -2.12. The molecule has 0 aromatic heterocycles. The van der Waals surface area contributed by atoms with E-state index < -0.39 is 0 Å². The van der Waals surface area contributed by atoms with Crippen LogP contribution in [0.4, 0.5) is 0 Å². The van der Waals surface area contributed by atoms with Gasteiger partial charge in [-0.3, -0.25) is 4.79 Å². The van der Waals surface area contributed by atoms with Crippen LogP contribution in [-0.4, -0.2) is 5.78 Å². The zero-order valence-corrected chi connectivity index (χ0v) is 12.2. The molecule has 0 N–H and O–H groups in total. The van der Waals surface area contributed by atoms with Gasteiger partial charge in [0, 0.05) is 11.5 Å². The molecular formula is C17H26O. The van der Waals surface area contributed by atoms with Gasteiger partial charge in [0.25, 0.3) is 0 Å². The number of hydrogen-bond acceptors (Lipinski definition) is 1. The van der Waals surface area contributed by atoms with E-state index in [2.05, 4.69) is 32.9 Å². The molecule has 1 aromatic carbocycles. The third-order valence-electron chi connectivity index (χ3n) is 3.81. The molecule has 1 aromatic rings. The van der Waals surface area contributed by atoms with Crippen molar-refractivity contribution in [2.75, 3.05) is 0 Å². The largest absolute Gasteiger partial charge is 0.294 e. The molecule has 2 atom stereocenters. The monoisotopic (exact) mass is 246 g/mol. The van der Waals surface area contributed by atoms with Crippen LogP contribution >= 0.6 is 0 Å². The number of unbranched alkanes of at least 4 members (excludes halogenated alkanes) is 1. The molecule has 0 spiro atoms. The average Bonchev–Trinajstić information content (AvgIpc) is 2.43. The Morgan fingerprint density at radius 2 is 1.72 bits per heavy atom. The fraction of sp³-hybridized carbons (Fsp3) is 0.588. The van der Waals surface area contributed by atoms with E-state index >= 15 is 0 Å². The second-order valence-electron chi connectivity index (χ2n) is 5.34. The molecule has 0 saturated carbocycles. The second kappa shape index (κ2) is 7.35. The highest BCUT2D eigenvalue weighted by molar-refractivity contribution is 5.97. The Balaban J connectivity index is 2.69. The van der Waals surface area contributed by atoms with Crippen LogP contribution in [-0.2, 0) is 0 Å². The minimum atomic E-state index is 0.152. The standard InChI is InChI=1S/C17H26O/c1-5-7-8-14(4)17(18)16-11-9-15(10-12-16)13(3)6-2/h9-14H,5-8H2,1-4H3. The van der Waals surface area contributed by atoms with E-state index in [4.69, 9.17) is 0 Å². The topological polar surface area (TPSA) is 17.1 Å². The fourth-order valence-electron chi connectivity index (χ4n) is 2.14. The van der Waals surface area contributed by atoms with Crippen molar-refractivity contribution in [2.24, 2.45) is 5.92 Å². The van der Waals surface area contributed by atoms with Crippen LogP contribution in [0.3, 0.4) is 0 Å². The first kappa shape index (κ1) is 14.9. The molecule has 0 aliphatic rings. The fourth-order valence-corrected chi connectivity index (χ4v) is 2.14. The van der Waals surface area contributed by atoms with Crippen molar-refractivity contribution in [1.29, 1.82) is 0 Å². The van der Waals surface area contributed by atoms with E-state index in [0.717, 1.165) is 31.2 Å².